The van der Waals surface area contributed by atoms with Crippen molar-refractivity contribution in [1.82, 2.24) is 29.8 Å². The zero-order valence-electron chi connectivity index (χ0n) is 17.9. The van der Waals surface area contributed by atoms with Gasteiger partial charge in [0.25, 0.3) is 5.91 Å². The standard InChI is InChI=1S/C21H24N6O5/c1-12-15(24-11-25-20(12)30-2)7-27-6-14(19(28)23-10-21(29)3-4-21)17-18(27)26-16(5-22-17)32-13-8-31-9-13/h5-6,11,13,29H,3-4,7-10H2,1-2H3,(H,23,28). The number of fused-ring (bicyclic) bond motifs is 1. The van der Waals surface area contributed by atoms with E-state index in [2.05, 4.69) is 25.3 Å². The molecule has 3 aromatic heterocycles. The van der Waals surface area contributed by atoms with E-state index in [0.717, 1.165) is 11.3 Å². The van der Waals surface area contributed by atoms with Gasteiger partial charge in [0.05, 0.1) is 49.9 Å². The van der Waals surface area contributed by atoms with E-state index >= 15 is 0 Å². The summed E-state index contributed by atoms with van der Waals surface area (Å²) in [6, 6.07) is 0. The highest BCUT2D eigenvalue weighted by Crippen LogP contribution is 2.34. The van der Waals surface area contributed by atoms with Gasteiger partial charge in [0, 0.05) is 18.3 Å². The molecule has 1 saturated carbocycles. The van der Waals surface area contributed by atoms with Crippen molar-refractivity contribution >= 4 is 17.1 Å². The van der Waals surface area contributed by atoms with Crippen molar-refractivity contribution in [2.75, 3.05) is 26.9 Å². The monoisotopic (exact) mass is 440 g/mol. The van der Waals surface area contributed by atoms with Crippen molar-refractivity contribution < 1.29 is 24.1 Å². The molecule has 0 spiro atoms. The molecular formula is C21H24N6O5. The van der Waals surface area contributed by atoms with Crippen molar-refractivity contribution in [3.63, 3.8) is 0 Å². The molecule has 11 nitrogen and oxygen atoms in total. The van der Waals surface area contributed by atoms with E-state index in [9.17, 15) is 9.90 Å². The lowest BCUT2D eigenvalue weighted by Gasteiger charge is -2.25. The fourth-order valence-electron chi connectivity index (χ4n) is 3.48. The van der Waals surface area contributed by atoms with Crippen LogP contribution in [-0.4, -0.2) is 74.1 Å². The molecule has 5 rings (SSSR count). The van der Waals surface area contributed by atoms with Crippen LogP contribution in [0, 0.1) is 6.92 Å². The smallest absolute Gasteiger partial charge is 0.255 e. The van der Waals surface area contributed by atoms with Crippen LogP contribution in [0.25, 0.3) is 11.2 Å². The lowest BCUT2D eigenvalue weighted by atomic mass is 10.2. The normalized spacial score (nSPS) is 17.1. The number of hydrogen-bond acceptors (Lipinski definition) is 9. The molecule has 0 atom stereocenters. The Morgan fingerprint density at radius 1 is 1.34 bits per heavy atom. The van der Waals surface area contributed by atoms with Crippen molar-refractivity contribution in [2.24, 2.45) is 0 Å². The van der Waals surface area contributed by atoms with Crippen LogP contribution in [0.4, 0.5) is 0 Å². The molecule has 1 aliphatic carbocycles. The zero-order chi connectivity index (χ0) is 22.3. The third-order valence-electron chi connectivity index (χ3n) is 5.74. The SMILES string of the molecule is COc1ncnc(Cn2cc(C(=O)NCC3(O)CC3)c3ncc(OC4COC4)nc32)c1C. The summed E-state index contributed by atoms with van der Waals surface area (Å²) in [7, 11) is 1.56. The average molecular weight is 440 g/mol. The van der Waals surface area contributed by atoms with Gasteiger partial charge in [-0.15, -0.1) is 0 Å². The van der Waals surface area contributed by atoms with Gasteiger partial charge in [-0.2, -0.15) is 4.98 Å². The summed E-state index contributed by atoms with van der Waals surface area (Å²) in [6.45, 7) is 3.44. The maximum atomic E-state index is 12.9. The maximum absolute atomic E-state index is 12.9. The zero-order valence-corrected chi connectivity index (χ0v) is 17.9. The molecule has 2 fully saturated rings. The number of aromatic nitrogens is 5. The predicted molar refractivity (Wildman–Crippen MR) is 112 cm³/mol. The molecule has 2 aliphatic rings. The molecule has 11 heteroatoms. The van der Waals surface area contributed by atoms with E-state index in [-0.39, 0.29) is 18.6 Å². The highest BCUT2D eigenvalue weighted by atomic mass is 16.6. The van der Waals surface area contributed by atoms with Gasteiger partial charge in [0.2, 0.25) is 11.8 Å². The molecule has 1 aliphatic heterocycles. The lowest BCUT2D eigenvalue weighted by molar-refractivity contribution is -0.0813. The number of ether oxygens (including phenoxy) is 3. The first-order chi connectivity index (χ1) is 15.5. The Hall–Kier alpha value is -3.31. The molecule has 168 valence electrons. The van der Waals surface area contributed by atoms with Crippen molar-refractivity contribution in [1.29, 1.82) is 0 Å². The number of carbonyl (C=O) groups is 1. The first-order valence-electron chi connectivity index (χ1n) is 10.4. The molecule has 1 amide bonds. The number of aliphatic hydroxyl groups is 1. The number of methoxy groups -OCH3 is 1. The van der Waals surface area contributed by atoms with E-state index in [0.29, 0.717) is 61.1 Å². The first kappa shape index (κ1) is 20.6. The van der Waals surface area contributed by atoms with Gasteiger partial charge in [0.1, 0.15) is 17.9 Å². The largest absolute Gasteiger partial charge is 0.481 e. The number of rotatable bonds is 8. The molecule has 0 radical (unpaired) electrons. The van der Waals surface area contributed by atoms with Gasteiger partial charge in [-0.1, -0.05) is 0 Å². The summed E-state index contributed by atoms with van der Waals surface area (Å²) in [5, 5.41) is 12.9. The molecular weight excluding hydrogens is 416 g/mol. The Bertz CT molecular complexity index is 1170. The number of nitrogens with one attached hydrogen (secondary N) is 1. The third-order valence-corrected chi connectivity index (χ3v) is 5.74. The van der Waals surface area contributed by atoms with E-state index < -0.39 is 5.60 Å². The molecule has 1 saturated heterocycles. The average Bonchev–Trinajstić information content (AvgIpc) is 3.40. The van der Waals surface area contributed by atoms with Gasteiger partial charge in [-0.25, -0.2) is 15.0 Å². The number of hydrogen-bond donors (Lipinski definition) is 2. The minimum atomic E-state index is -0.791. The molecule has 0 unspecified atom stereocenters. The van der Waals surface area contributed by atoms with Crippen LogP contribution >= 0.6 is 0 Å². The summed E-state index contributed by atoms with van der Waals surface area (Å²) >= 11 is 0. The minimum Gasteiger partial charge on any atom is -0.481 e. The predicted octanol–water partition coefficient (Wildman–Crippen LogP) is 0.619. The van der Waals surface area contributed by atoms with Gasteiger partial charge >= 0.3 is 0 Å². The van der Waals surface area contributed by atoms with Gasteiger partial charge in [-0.05, 0) is 19.8 Å². The van der Waals surface area contributed by atoms with Crippen molar-refractivity contribution in [2.45, 2.75) is 38.0 Å². The third kappa shape index (κ3) is 3.96. The summed E-state index contributed by atoms with van der Waals surface area (Å²) in [4.78, 5) is 30.5. The second-order valence-electron chi connectivity index (χ2n) is 8.19. The van der Waals surface area contributed by atoms with E-state index in [1.807, 2.05) is 11.5 Å². The van der Waals surface area contributed by atoms with E-state index in [4.69, 9.17) is 14.2 Å². The molecule has 3 aromatic rings. The quantitative estimate of drug-likeness (QED) is 0.517. The van der Waals surface area contributed by atoms with Crippen LogP contribution < -0.4 is 14.8 Å². The van der Waals surface area contributed by atoms with E-state index in [1.54, 1.807) is 13.3 Å². The first-order valence-corrected chi connectivity index (χ1v) is 10.4. The van der Waals surface area contributed by atoms with Gasteiger partial charge in [-0.3, -0.25) is 4.79 Å². The second kappa shape index (κ2) is 7.99. The Labute approximate surface area is 183 Å². The van der Waals surface area contributed by atoms with Crippen molar-refractivity contribution in [3.05, 3.63) is 35.5 Å². The van der Waals surface area contributed by atoms with E-state index in [1.165, 1.54) is 12.5 Å². The fourth-order valence-corrected chi connectivity index (χ4v) is 3.48. The summed E-state index contributed by atoms with van der Waals surface area (Å²) in [5.41, 5.74) is 2.05. The summed E-state index contributed by atoms with van der Waals surface area (Å²) in [5.74, 6) is 0.532. The fraction of sp³-hybridized carbons (Fsp3) is 0.476. The van der Waals surface area contributed by atoms with Crippen LogP contribution in [0.1, 0.15) is 34.5 Å². The second-order valence-corrected chi connectivity index (χ2v) is 8.19. The molecule has 32 heavy (non-hydrogen) atoms. The number of nitrogens with zero attached hydrogens (tertiary/aromatic N) is 5. The molecule has 4 heterocycles. The number of amides is 1. The Balaban J connectivity index is 1.50. The lowest BCUT2D eigenvalue weighted by Crippen LogP contribution is -2.38. The minimum absolute atomic E-state index is 0.0550. The maximum Gasteiger partial charge on any atom is 0.255 e. The Kier molecular flexibility index (Phi) is 5.14. The van der Waals surface area contributed by atoms with Crippen LogP contribution in [-0.2, 0) is 11.3 Å². The molecule has 0 bridgehead atoms. The summed E-state index contributed by atoms with van der Waals surface area (Å²) in [6.07, 6.45) is 5.97. The highest BCUT2D eigenvalue weighted by Gasteiger charge is 2.40. The molecule has 2 N–H and O–H groups in total. The van der Waals surface area contributed by atoms with Crippen LogP contribution in [0.3, 0.4) is 0 Å². The highest BCUT2D eigenvalue weighted by molar-refractivity contribution is 6.04. The summed E-state index contributed by atoms with van der Waals surface area (Å²) < 4.78 is 18.1. The molecule has 0 aromatic carbocycles. The van der Waals surface area contributed by atoms with Crippen LogP contribution in [0.5, 0.6) is 11.8 Å². The van der Waals surface area contributed by atoms with Gasteiger partial charge in [0.15, 0.2) is 5.65 Å². The van der Waals surface area contributed by atoms with Crippen molar-refractivity contribution in [3.8, 4) is 11.8 Å². The Morgan fingerprint density at radius 3 is 2.84 bits per heavy atom. The van der Waals surface area contributed by atoms with Crippen LogP contribution in [0.2, 0.25) is 0 Å². The number of carbonyl (C=O) groups excluding carboxylic acids is 1. The Morgan fingerprint density at radius 2 is 2.16 bits per heavy atom. The van der Waals surface area contributed by atoms with Gasteiger partial charge < -0.3 is 29.2 Å². The topological polar surface area (TPSA) is 134 Å². The van der Waals surface area contributed by atoms with Crippen LogP contribution in [0.15, 0.2) is 18.7 Å².